The quantitative estimate of drug-likeness (QED) is 0.675. The van der Waals surface area contributed by atoms with Gasteiger partial charge in [-0.2, -0.15) is 0 Å². The van der Waals surface area contributed by atoms with Gasteiger partial charge in [0.25, 0.3) is 0 Å². The molecule has 1 rings (SSSR count). The second-order valence-corrected chi connectivity index (χ2v) is 8.43. The van der Waals surface area contributed by atoms with E-state index in [2.05, 4.69) is 37.2 Å². The molecule has 0 aliphatic carbocycles. The van der Waals surface area contributed by atoms with Gasteiger partial charge < -0.3 is 5.32 Å². The van der Waals surface area contributed by atoms with Crippen LogP contribution in [0.5, 0.6) is 0 Å². The van der Waals surface area contributed by atoms with Crippen molar-refractivity contribution in [2.75, 3.05) is 16.8 Å². The topological polar surface area (TPSA) is 63.2 Å². The van der Waals surface area contributed by atoms with Crippen molar-refractivity contribution in [3.63, 3.8) is 0 Å². The van der Waals surface area contributed by atoms with E-state index in [1.807, 2.05) is 6.92 Å². The molecule has 1 aromatic rings. The van der Waals surface area contributed by atoms with Crippen LogP contribution in [0.3, 0.4) is 0 Å². The zero-order valence-corrected chi connectivity index (χ0v) is 15.1. The first kappa shape index (κ1) is 17.7. The molecule has 0 unspecified atom stereocenters. The van der Waals surface area contributed by atoms with Gasteiger partial charge in [0.1, 0.15) is 5.75 Å². The summed E-state index contributed by atoms with van der Waals surface area (Å²) in [6, 6.07) is 5.26. The summed E-state index contributed by atoms with van der Waals surface area (Å²) in [7, 11) is -3.33. The maximum absolute atomic E-state index is 11.8. The van der Waals surface area contributed by atoms with Crippen molar-refractivity contribution in [1.82, 2.24) is 0 Å². The second-order valence-electron chi connectivity index (χ2n) is 4.47. The van der Waals surface area contributed by atoms with Crippen LogP contribution in [0, 0.1) is 0 Å². The van der Waals surface area contributed by atoms with E-state index >= 15 is 0 Å². The largest absolute Gasteiger partial charge is 0.324 e. The molecule has 0 spiro atoms. The fraction of sp³-hybridized carbons (Fsp3) is 0.462. The molecular formula is C13H17Br2NO3S. The van der Waals surface area contributed by atoms with Crippen LogP contribution >= 0.6 is 31.9 Å². The van der Waals surface area contributed by atoms with Gasteiger partial charge in [-0.15, -0.1) is 0 Å². The molecule has 4 nitrogen and oxygen atoms in total. The highest BCUT2D eigenvalue weighted by Crippen LogP contribution is 2.26. The van der Waals surface area contributed by atoms with Gasteiger partial charge in [-0.1, -0.05) is 35.7 Å². The Morgan fingerprint density at radius 1 is 1.25 bits per heavy atom. The van der Waals surface area contributed by atoms with E-state index in [1.54, 1.807) is 18.2 Å². The highest BCUT2D eigenvalue weighted by atomic mass is 79.9. The summed E-state index contributed by atoms with van der Waals surface area (Å²) in [5.74, 6) is -0.917. The van der Waals surface area contributed by atoms with E-state index < -0.39 is 21.5 Å². The van der Waals surface area contributed by atoms with Crippen molar-refractivity contribution in [3.8, 4) is 0 Å². The second kappa shape index (κ2) is 8.14. The Balaban J connectivity index is 2.59. The average molecular weight is 427 g/mol. The number of carbonyl (C=O) groups excluding carboxylic acids is 1. The normalized spacial score (nSPS) is 11.3. The van der Waals surface area contributed by atoms with Crippen LogP contribution in [0.2, 0.25) is 0 Å². The zero-order chi connectivity index (χ0) is 15.2. The Morgan fingerprint density at radius 2 is 1.95 bits per heavy atom. The number of halogens is 2. The van der Waals surface area contributed by atoms with E-state index in [-0.39, 0.29) is 5.75 Å². The minimum Gasteiger partial charge on any atom is -0.324 e. The van der Waals surface area contributed by atoms with E-state index in [9.17, 15) is 13.2 Å². The Bertz CT molecular complexity index is 573. The number of carbonyl (C=O) groups is 1. The van der Waals surface area contributed by atoms with Crippen LogP contribution in [0.25, 0.3) is 0 Å². The molecule has 0 aliphatic rings. The van der Waals surface area contributed by atoms with Gasteiger partial charge in [0, 0.05) is 8.95 Å². The van der Waals surface area contributed by atoms with Crippen molar-refractivity contribution < 1.29 is 13.2 Å². The fourth-order valence-electron chi connectivity index (χ4n) is 1.62. The number of amides is 1. The third kappa shape index (κ3) is 6.37. The third-order valence-electron chi connectivity index (χ3n) is 2.62. The summed E-state index contributed by atoms with van der Waals surface area (Å²) >= 11 is 6.62. The summed E-state index contributed by atoms with van der Waals surface area (Å²) in [6.07, 6.45) is 2.42. The number of hydrogen-bond donors (Lipinski definition) is 1. The number of rotatable bonds is 7. The highest BCUT2D eigenvalue weighted by molar-refractivity contribution is 9.11. The molecule has 0 heterocycles. The molecule has 1 aromatic carbocycles. The van der Waals surface area contributed by atoms with E-state index in [4.69, 9.17) is 0 Å². The van der Waals surface area contributed by atoms with Crippen LogP contribution in [0.4, 0.5) is 5.69 Å². The molecule has 0 bridgehead atoms. The number of anilines is 1. The predicted molar refractivity (Wildman–Crippen MR) is 88.7 cm³/mol. The van der Waals surface area contributed by atoms with Crippen molar-refractivity contribution in [2.45, 2.75) is 26.2 Å². The molecule has 0 radical (unpaired) electrons. The summed E-state index contributed by atoms with van der Waals surface area (Å²) in [4.78, 5) is 11.8. The maximum atomic E-state index is 11.8. The lowest BCUT2D eigenvalue weighted by Gasteiger charge is -2.08. The molecule has 0 atom stereocenters. The van der Waals surface area contributed by atoms with Crippen LogP contribution in [0.15, 0.2) is 27.1 Å². The van der Waals surface area contributed by atoms with Gasteiger partial charge in [-0.25, -0.2) is 8.42 Å². The number of sulfone groups is 1. The number of benzene rings is 1. The van der Waals surface area contributed by atoms with E-state index in [1.165, 1.54) is 0 Å². The summed E-state index contributed by atoms with van der Waals surface area (Å²) in [5, 5.41) is 2.60. The Hall–Kier alpha value is -0.400. The molecule has 20 heavy (non-hydrogen) atoms. The first-order valence-electron chi connectivity index (χ1n) is 6.29. The minimum absolute atomic E-state index is 0.0652. The number of unbranched alkanes of at least 4 members (excludes halogenated alkanes) is 2. The molecule has 0 fully saturated rings. The van der Waals surface area contributed by atoms with Gasteiger partial charge in [-0.05, 0) is 40.5 Å². The molecule has 1 amide bonds. The van der Waals surface area contributed by atoms with Crippen LogP contribution < -0.4 is 5.32 Å². The van der Waals surface area contributed by atoms with Crippen LogP contribution in [-0.4, -0.2) is 25.8 Å². The molecule has 0 saturated carbocycles. The van der Waals surface area contributed by atoms with E-state index in [0.29, 0.717) is 16.6 Å². The minimum atomic E-state index is -3.33. The first-order valence-corrected chi connectivity index (χ1v) is 9.70. The Kier molecular flexibility index (Phi) is 7.19. The first-order chi connectivity index (χ1) is 9.34. The standard InChI is InChI=1S/C13H17Br2NO3S/c1-2-3-4-7-20(18,19)9-13(17)16-12-6-5-10(14)8-11(12)15/h5-6,8H,2-4,7,9H2,1H3,(H,16,17). The average Bonchev–Trinajstić information content (AvgIpc) is 2.32. The van der Waals surface area contributed by atoms with Crippen LogP contribution in [0.1, 0.15) is 26.2 Å². The Labute approximate surface area is 136 Å². The van der Waals surface area contributed by atoms with Crippen molar-refractivity contribution in [1.29, 1.82) is 0 Å². The molecule has 0 saturated heterocycles. The smallest absolute Gasteiger partial charge is 0.239 e. The van der Waals surface area contributed by atoms with Crippen molar-refractivity contribution >= 4 is 53.3 Å². The lowest BCUT2D eigenvalue weighted by atomic mass is 10.3. The van der Waals surface area contributed by atoms with Crippen molar-refractivity contribution in [2.24, 2.45) is 0 Å². The monoisotopic (exact) mass is 425 g/mol. The number of hydrogen-bond acceptors (Lipinski definition) is 3. The SMILES string of the molecule is CCCCCS(=O)(=O)CC(=O)Nc1ccc(Br)cc1Br. The lowest BCUT2D eigenvalue weighted by molar-refractivity contribution is -0.113. The lowest BCUT2D eigenvalue weighted by Crippen LogP contribution is -2.24. The molecule has 0 aliphatic heterocycles. The summed E-state index contributed by atoms with van der Waals surface area (Å²) in [6.45, 7) is 2.00. The van der Waals surface area contributed by atoms with Crippen LogP contribution in [-0.2, 0) is 14.6 Å². The zero-order valence-electron chi connectivity index (χ0n) is 11.2. The summed E-state index contributed by atoms with van der Waals surface area (Å²) < 4.78 is 25.1. The van der Waals surface area contributed by atoms with Gasteiger partial charge in [0.2, 0.25) is 5.91 Å². The molecule has 112 valence electrons. The third-order valence-corrected chi connectivity index (χ3v) is 5.38. The Morgan fingerprint density at radius 3 is 2.55 bits per heavy atom. The van der Waals surface area contributed by atoms with Gasteiger partial charge >= 0.3 is 0 Å². The fourth-order valence-corrected chi connectivity index (χ4v) is 4.03. The molecule has 7 heteroatoms. The molecular weight excluding hydrogens is 410 g/mol. The van der Waals surface area contributed by atoms with Crippen molar-refractivity contribution in [3.05, 3.63) is 27.1 Å². The van der Waals surface area contributed by atoms with Gasteiger partial charge in [0.15, 0.2) is 9.84 Å². The molecule has 1 N–H and O–H groups in total. The molecule has 0 aromatic heterocycles. The summed E-state index contributed by atoms with van der Waals surface area (Å²) in [5.41, 5.74) is 0.557. The van der Waals surface area contributed by atoms with E-state index in [0.717, 1.165) is 17.3 Å². The predicted octanol–water partition coefficient (Wildman–Crippen LogP) is 3.76. The van der Waals surface area contributed by atoms with Gasteiger partial charge in [-0.3, -0.25) is 4.79 Å². The maximum Gasteiger partial charge on any atom is 0.239 e. The number of nitrogens with one attached hydrogen (secondary N) is 1. The van der Waals surface area contributed by atoms with Gasteiger partial charge in [0.05, 0.1) is 11.4 Å². The highest BCUT2D eigenvalue weighted by Gasteiger charge is 2.17.